The van der Waals surface area contributed by atoms with Crippen LogP contribution in [-0.2, 0) is 16.1 Å². The van der Waals surface area contributed by atoms with E-state index in [2.05, 4.69) is 0 Å². The van der Waals surface area contributed by atoms with Crippen LogP contribution in [0.1, 0.15) is 30.9 Å². The molecule has 3 aromatic rings. The van der Waals surface area contributed by atoms with E-state index >= 15 is 0 Å². The Kier molecular flexibility index (Phi) is 5.72. The first kappa shape index (κ1) is 23.9. The number of hydrogen-bond acceptors (Lipinski definition) is 6. The second-order valence-corrected chi connectivity index (χ2v) is 9.57. The fourth-order valence-corrected chi connectivity index (χ4v) is 5.75. The molecule has 1 aromatic heterocycles. The van der Waals surface area contributed by atoms with Crippen LogP contribution >= 0.6 is 0 Å². The monoisotopic (exact) mass is 511 g/mol. The second kappa shape index (κ2) is 9.11. The van der Waals surface area contributed by atoms with E-state index in [1.54, 1.807) is 43.3 Å². The number of rotatable bonds is 5. The molecule has 0 radical (unpaired) electrons. The molecule has 0 saturated carbocycles. The van der Waals surface area contributed by atoms with Gasteiger partial charge in [-0.3, -0.25) is 9.59 Å². The number of carbonyl (C=O) groups excluding carboxylic acids is 2. The van der Waals surface area contributed by atoms with Gasteiger partial charge in [-0.1, -0.05) is 36.4 Å². The van der Waals surface area contributed by atoms with Gasteiger partial charge in [0.15, 0.2) is 11.6 Å². The third kappa shape index (κ3) is 3.58. The van der Waals surface area contributed by atoms with Crippen molar-refractivity contribution in [3.63, 3.8) is 0 Å². The van der Waals surface area contributed by atoms with Gasteiger partial charge in [0.2, 0.25) is 0 Å². The molecule has 1 aliphatic heterocycles. The molecule has 9 heteroatoms. The van der Waals surface area contributed by atoms with Gasteiger partial charge >= 0.3 is 11.4 Å². The van der Waals surface area contributed by atoms with Crippen LogP contribution in [0.15, 0.2) is 98.6 Å². The van der Waals surface area contributed by atoms with E-state index in [0.29, 0.717) is 28.2 Å². The van der Waals surface area contributed by atoms with Crippen LogP contribution < -0.4 is 16.1 Å². The number of aliphatic hydroxyl groups is 1. The Labute approximate surface area is 217 Å². The van der Waals surface area contributed by atoms with E-state index in [1.807, 2.05) is 24.3 Å². The van der Waals surface area contributed by atoms with Crippen molar-refractivity contribution in [3.05, 3.63) is 116 Å². The maximum absolute atomic E-state index is 13.7. The average molecular weight is 512 g/mol. The number of hydrogen-bond donors (Lipinski definition) is 1. The van der Waals surface area contributed by atoms with E-state index in [4.69, 9.17) is 9.84 Å². The van der Waals surface area contributed by atoms with Crippen LogP contribution in [0.5, 0.6) is 5.75 Å². The summed E-state index contributed by atoms with van der Waals surface area (Å²) in [4.78, 5) is 53.7. The lowest BCUT2D eigenvalue weighted by atomic mass is 9.68. The van der Waals surface area contributed by atoms with Crippen molar-refractivity contribution in [2.24, 2.45) is 0 Å². The second-order valence-electron chi connectivity index (χ2n) is 9.57. The van der Waals surface area contributed by atoms with Crippen molar-refractivity contribution in [2.75, 3.05) is 13.2 Å². The topological polar surface area (TPSA) is 113 Å². The van der Waals surface area contributed by atoms with Gasteiger partial charge in [0.05, 0.1) is 24.9 Å². The Balaban J connectivity index is 1.52. The molecular weight excluding hydrogens is 486 g/mol. The highest BCUT2D eigenvalue weighted by molar-refractivity contribution is 6.23. The van der Waals surface area contributed by atoms with Gasteiger partial charge in [-0.15, -0.1) is 0 Å². The molecule has 1 N–H and O–H groups in total. The van der Waals surface area contributed by atoms with Gasteiger partial charge < -0.3 is 9.84 Å². The summed E-state index contributed by atoms with van der Waals surface area (Å²) in [6.45, 7) is 1.82. The Morgan fingerprint density at radius 1 is 0.974 bits per heavy atom. The largest absolute Gasteiger partial charge is 0.491 e. The quantitative estimate of drug-likeness (QED) is 0.415. The number of aliphatic hydroxyl groups excluding tert-OH is 1. The zero-order valence-corrected chi connectivity index (χ0v) is 20.7. The first-order valence-electron chi connectivity index (χ1n) is 12.4. The number of fused-ring (bicyclic) bond motifs is 3. The Morgan fingerprint density at radius 3 is 2.42 bits per heavy atom. The van der Waals surface area contributed by atoms with E-state index < -0.39 is 23.3 Å². The molecule has 192 valence electrons. The number of para-hydroxylation sites is 1. The molecule has 6 rings (SSSR count). The van der Waals surface area contributed by atoms with Crippen LogP contribution in [0.4, 0.5) is 0 Å². The normalized spacial score (nSPS) is 20.4. The first-order chi connectivity index (χ1) is 18.4. The van der Waals surface area contributed by atoms with E-state index in [0.717, 1.165) is 15.7 Å². The summed E-state index contributed by atoms with van der Waals surface area (Å²) < 4.78 is 9.47. The van der Waals surface area contributed by atoms with Crippen molar-refractivity contribution in [3.8, 4) is 11.4 Å². The highest BCUT2D eigenvalue weighted by Gasteiger charge is 2.44. The summed E-state index contributed by atoms with van der Waals surface area (Å²) in [6.07, 6.45) is 3.42. The number of ketones is 2. The van der Waals surface area contributed by atoms with Crippen LogP contribution in [0.2, 0.25) is 0 Å². The summed E-state index contributed by atoms with van der Waals surface area (Å²) in [5, 5.41) is 9.05. The molecule has 2 aliphatic carbocycles. The summed E-state index contributed by atoms with van der Waals surface area (Å²) in [7, 11) is 0. The maximum atomic E-state index is 13.7. The SMILES string of the molecule is CC1=CC(=O)C2=C(C[C@@H]3C(=CCn4c(=O)n(-c5ccccc5)c(=O)n43)[C@@H]2c2ccc(OCCO)cc2)C1=O. The third-order valence-electron chi connectivity index (χ3n) is 7.42. The Morgan fingerprint density at radius 2 is 1.71 bits per heavy atom. The van der Waals surface area contributed by atoms with Crippen molar-refractivity contribution >= 4 is 11.6 Å². The van der Waals surface area contributed by atoms with Crippen molar-refractivity contribution < 1.29 is 19.4 Å². The molecule has 0 spiro atoms. The number of benzene rings is 2. The van der Waals surface area contributed by atoms with Crippen molar-refractivity contribution in [2.45, 2.75) is 31.8 Å². The zero-order valence-electron chi connectivity index (χ0n) is 20.7. The number of ether oxygens (including phenoxy) is 1. The molecule has 2 heterocycles. The number of allylic oxidation sites excluding steroid dienone is 6. The molecule has 38 heavy (non-hydrogen) atoms. The predicted molar refractivity (Wildman–Crippen MR) is 139 cm³/mol. The third-order valence-corrected chi connectivity index (χ3v) is 7.42. The van der Waals surface area contributed by atoms with E-state index in [9.17, 15) is 19.2 Å². The smallest absolute Gasteiger partial charge is 0.352 e. The van der Waals surface area contributed by atoms with Gasteiger partial charge in [0.1, 0.15) is 12.4 Å². The van der Waals surface area contributed by atoms with Crippen molar-refractivity contribution in [1.82, 2.24) is 13.9 Å². The highest BCUT2D eigenvalue weighted by atomic mass is 16.5. The molecule has 0 saturated heterocycles. The van der Waals surface area contributed by atoms with Crippen LogP contribution in [0, 0.1) is 0 Å². The lowest BCUT2D eigenvalue weighted by Gasteiger charge is -2.39. The molecule has 0 bridgehead atoms. The number of nitrogens with zero attached hydrogens (tertiary/aromatic N) is 3. The lowest BCUT2D eigenvalue weighted by Crippen LogP contribution is -2.40. The molecule has 9 nitrogen and oxygen atoms in total. The molecule has 3 aliphatic rings. The first-order valence-corrected chi connectivity index (χ1v) is 12.4. The summed E-state index contributed by atoms with van der Waals surface area (Å²) >= 11 is 0. The van der Waals surface area contributed by atoms with Gasteiger partial charge in [-0.05, 0) is 48.4 Å². The highest BCUT2D eigenvalue weighted by Crippen LogP contribution is 2.49. The minimum absolute atomic E-state index is 0.115. The molecule has 0 fully saturated rings. The van der Waals surface area contributed by atoms with Crippen molar-refractivity contribution in [1.29, 1.82) is 0 Å². The molecule has 0 unspecified atom stereocenters. The molecular formula is C29H25N3O6. The van der Waals surface area contributed by atoms with Gasteiger partial charge in [0, 0.05) is 29.1 Å². The number of Topliss-reactive ketones (excluding diaryl/α,β-unsaturated/α-hetero) is 1. The summed E-state index contributed by atoms with van der Waals surface area (Å²) in [6, 6.07) is 15.3. The van der Waals surface area contributed by atoms with Gasteiger partial charge in [-0.2, -0.15) is 0 Å². The Bertz CT molecular complexity index is 1680. The zero-order chi connectivity index (χ0) is 26.6. The van der Waals surface area contributed by atoms with E-state index in [1.165, 1.54) is 15.4 Å². The molecule has 2 atom stereocenters. The standard InChI is InChI=1S/C29H25N3O6/c1-17-15-24(34)26-22(27(17)35)16-23-21(25(26)18-7-9-20(10-8-18)38-14-13-33)11-12-30-28(36)31(29(37)32(23)30)19-5-3-2-4-6-19/h2-11,15,23,25,33H,12-14,16H2,1H3/t23-,25+/m1/s1. The number of aromatic nitrogens is 3. The maximum Gasteiger partial charge on any atom is 0.352 e. The minimum Gasteiger partial charge on any atom is -0.491 e. The fraction of sp³-hybridized carbons (Fsp3) is 0.241. The van der Waals surface area contributed by atoms with E-state index in [-0.39, 0.29) is 37.7 Å². The van der Waals surface area contributed by atoms with Crippen LogP contribution in [0.25, 0.3) is 5.69 Å². The van der Waals surface area contributed by atoms with Gasteiger partial charge in [0.25, 0.3) is 0 Å². The summed E-state index contributed by atoms with van der Waals surface area (Å²) in [5.74, 6) is -0.443. The number of carbonyl (C=O) groups is 2. The molecule has 0 amide bonds. The lowest BCUT2D eigenvalue weighted by molar-refractivity contribution is -0.116. The average Bonchev–Trinajstić information content (AvgIpc) is 3.19. The Hall–Kier alpha value is -4.50. The minimum atomic E-state index is -0.606. The fourth-order valence-electron chi connectivity index (χ4n) is 5.75. The van der Waals surface area contributed by atoms with Crippen LogP contribution in [0.3, 0.4) is 0 Å². The van der Waals surface area contributed by atoms with Crippen LogP contribution in [-0.4, -0.2) is 43.8 Å². The summed E-state index contributed by atoms with van der Waals surface area (Å²) in [5.41, 5.74) is 2.23. The predicted octanol–water partition coefficient (Wildman–Crippen LogP) is 2.24. The van der Waals surface area contributed by atoms with Gasteiger partial charge in [-0.25, -0.2) is 23.5 Å². The molecule has 2 aromatic carbocycles.